The summed E-state index contributed by atoms with van der Waals surface area (Å²) in [5.74, 6) is -0.659. The zero-order valence-corrected chi connectivity index (χ0v) is 16.8. The zero-order chi connectivity index (χ0) is 18.9. The first kappa shape index (κ1) is 19.7. The first-order valence-electron chi connectivity index (χ1n) is 8.24. The molecule has 2 amide bonds. The quantitative estimate of drug-likeness (QED) is 0.698. The van der Waals surface area contributed by atoms with Crippen LogP contribution >= 0.6 is 15.9 Å². The van der Waals surface area contributed by atoms with E-state index in [0.29, 0.717) is 35.2 Å². The molecule has 0 spiro atoms. The van der Waals surface area contributed by atoms with Crippen LogP contribution in [0.4, 0.5) is 9.18 Å². The molecule has 1 aliphatic heterocycles. The fourth-order valence-electron chi connectivity index (χ4n) is 2.71. The van der Waals surface area contributed by atoms with E-state index in [1.54, 1.807) is 22.8 Å². The van der Waals surface area contributed by atoms with Gasteiger partial charge in [0.1, 0.15) is 11.4 Å². The molecule has 0 aromatic heterocycles. The second kappa shape index (κ2) is 7.32. The van der Waals surface area contributed by atoms with Gasteiger partial charge in [0, 0.05) is 30.1 Å². The minimum atomic E-state index is -0.561. The highest BCUT2D eigenvalue weighted by molar-refractivity contribution is 9.10. The lowest BCUT2D eigenvalue weighted by molar-refractivity contribution is 0.00197. The first-order valence-corrected chi connectivity index (χ1v) is 9.03. The summed E-state index contributed by atoms with van der Waals surface area (Å²) in [4.78, 5) is 28.2. The molecule has 1 aromatic rings. The largest absolute Gasteiger partial charge is 0.444 e. The number of halogens is 2. The van der Waals surface area contributed by atoms with Gasteiger partial charge >= 0.3 is 6.09 Å². The van der Waals surface area contributed by atoms with Gasteiger partial charge in [-0.3, -0.25) is 4.79 Å². The molecule has 2 rings (SSSR count). The Labute approximate surface area is 156 Å². The van der Waals surface area contributed by atoms with E-state index >= 15 is 0 Å². The number of ether oxygens (including phenoxy) is 1. The number of piperazine rings is 1. The van der Waals surface area contributed by atoms with E-state index in [0.717, 1.165) is 0 Å². The summed E-state index contributed by atoms with van der Waals surface area (Å²) in [5.41, 5.74) is 0.209. The van der Waals surface area contributed by atoms with E-state index in [9.17, 15) is 14.0 Å². The number of carbonyl (C=O) groups is 2. The summed E-state index contributed by atoms with van der Waals surface area (Å²) in [6, 6.07) is 2.68. The van der Waals surface area contributed by atoms with E-state index in [1.807, 2.05) is 27.7 Å². The summed E-state index contributed by atoms with van der Waals surface area (Å²) in [6.45, 7) is 10.1. The van der Waals surface area contributed by atoms with Crippen molar-refractivity contribution < 1.29 is 18.7 Å². The molecule has 0 unspecified atom stereocenters. The minimum Gasteiger partial charge on any atom is -0.444 e. The number of benzene rings is 1. The van der Waals surface area contributed by atoms with Gasteiger partial charge in [0.15, 0.2) is 0 Å². The number of amides is 2. The monoisotopic (exact) mass is 414 g/mol. The topological polar surface area (TPSA) is 49.9 Å². The molecule has 1 saturated heterocycles. The van der Waals surface area contributed by atoms with Crippen molar-refractivity contribution >= 4 is 27.9 Å². The molecule has 0 aliphatic carbocycles. The highest BCUT2D eigenvalue weighted by atomic mass is 79.9. The molecule has 5 nitrogen and oxygen atoms in total. The second-order valence-electron chi connectivity index (χ2n) is 7.36. The van der Waals surface area contributed by atoms with Crippen LogP contribution in [0.5, 0.6) is 0 Å². The van der Waals surface area contributed by atoms with Crippen molar-refractivity contribution in [2.24, 2.45) is 0 Å². The molecule has 0 saturated carbocycles. The summed E-state index contributed by atoms with van der Waals surface area (Å²) in [5, 5.41) is 0. The molecule has 1 aliphatic rings. The van der Waals surface area contributed by atoms with Crippen LogP contribution in [0.1, 0.15) is 43.6 Å². The van der Waals surface area contributed by atoms with Gasteiger partial charge in [-0.2, -0.15) is 0 Å². The van der Waals surface area contributed by atoms with Gasteiger partial charge in [0.25, 0.3) is 5.91 Å². The number of aryl methyl sites for hydroxylation is 1. The fourth-order valence-corrected chi connectivity index (χ4v) is 3.34. The van der Waals surface area contributed by atoms with Gasteiger partial charge in [0.05, 0.1) is 5.56 Å². The molecule has 25 heavy (non-hydrogen) atoms. The molecule has 1 atom stereocenters. The fraction of sp³-hybridized carbons (Fsp3) is 0.556. The van der Waals surface area contributed by atoms with Crippen LogP contribution in [0, 0.1) is 12.7 Å². The van der Waals surface area contributed by atoms with Gasteiger partial charge in [0.2, 0.25) is 0 Å². The maximum atomic E-state index is 13.8. The maximum absolute atomic E-state index is 13.8. The van der Waals surface area contributed by atoms with Gasteiger partial charge in [-0.05, 0) is 68.2 Å². The van der Waals surface area contributed by atoms with E-state index < -0.39 is 11.4 Å². The van der Waals surface area contributed by atoms with Crippen LogP contribution in [0.15, 0.2) is 16.6 Å². The van der Waals surface area contributed by atoms with Crippen LogP contribution in [0.2, 0.25) is 0 Å². The summed E-state index contributed by atoms with van der Waals surface area (Å²) in [6.07, 6.45) is -0.380. The summed E-state index contributed by atoms with van der Waals surface area (Å²) in [7, 11) is 0. The van der Waals surface area contributed by atoms with Gasteiger partial charge in [-0.1, -0.05) is 0 Å². The maximum Gasteiger partial charge on any atom is 0.410 e. The molecule has 0 N–H and O–H groups in total. The molecule has 1 aromatic carbocycles. The van der Waals surface area contributed by atoms with Crippen LogP contribution in [0.3, 0.4) is 0 Å². The Morgan fingerprint density at radius 1 is 1.28 bits per heavy atom. The lowest BCUT2D eigenvalue weighted by Crippen LogP contribution is -2.56. The van der Waals surface area contributed by atoms with Gasteiger partial charge < -0.3 is 14.5 Å². The summed E-state index contributed by atoms with van der Waals surface area (Å²) >= 11 is 3.33. The number of rotatable bonds is 1. The number of carbonyl (C=O) groups excluding carboxylic acids is 2. The third kappa shape index (κ3) is 4.71. The van der Waals surface area contributed by atoms with Crippen molar-refractivity contribution in [2.75, 3.05) is 19.6 Å². The Balaban J connectivity index is 2.09. The number of nitrogens with zero attached hydrogens (tertiary/aromatic N) is 2. The van der Waals surface area contributed by atoms with Crippen molar-refractivity contribution in [3.63, 3.8) is 0 Å². The lowest BCUT2D eigenvalue weighted by atomic mass is 10.1. The standard InChI is InChI=1S/C18H24BrFN2O3/c1-11-8-14(19)13(9-15(11)20)16(23)21-6-7-22(12(2)10-21)17(24)25-18(3,4)5/h8-9,12H,6-7,10H2,1-5H3/t12-/m1/s1. The highest BCUT2D eigenvalue weighted by Crippen LogP contribution is 2.24. The van der Waals surface area contributed by atoms with Crippen LogP contribution in [-0.4, -0.2) is 53.1 Å². The number of hydrogen-bond acceptors (Lipinski definition) is 3. The number of hydrogen-bond donors (Lipinski definition) is 0. The van der Waals surface area contributed by atoms with Crippen molar-refractivity contribution in [3.8, 4) is 0 Å². The van der Waals surface area contributed by atoms with E-state index in [2.05, 4.69) is 15.9 Å². The Bertz CT molecular complexity index is 688. The SMILES string of the molecule is Cc1cc(Br)c(C(=O)N2CCN(C(=O)OC(C)(C)C)[C@H](C)C2)cc1F. The van der Waals surface area contributed by atoms with Crippen molar-refractivity contribution in [2.45, 2.75) is 46.3 Å². The van der Waals surface area contributed by atoms with Crippen molar-refractivity contribution in [1.29, 1.82) is 0 Å². The Morgan fingerprint density at radius 2 is 1.92 bits per heavy atom. The Morgan fingerprint density at radius 3 is 2.48 bits per heavy atom. The third-order valence-corrected chi connectivity index (χ3v) is 4.68. The molecule has 1 fully saturated rings. The molecule has 0 bridgehead atoms. The zero-order valence-electron chi connectivity index (χ0n) is 15.2. The normalized spacial score (nSPS) is 18.3. The van der Waals surface area contributed by atoms with E-state index in [-0.39, 0.29) is 18.0 Å². The molecule has 1 heterocycles. The highest BCUT2D eigenvalue weighted by Gasteiger charge is 2.33. The predicted octanol–water partition coefficient (Wildman–Crippen LogP) is 3.98. The average Bonchev–Trinajstić information content (AvgIpc) is 2.48. The molecule has 0 radical (unpaired) electrons. The molecular formula is C18H24BrFN2O3. The smallest absolute Gasteiger partial charge is 0.410 e. The minimum absolute atomic E-state index is 0.179. The third-order valence-electron chi connectivity index (χ3n) is 4.02. The van der Waals surface area contributed by atoms with Gasteiger partial charge in [-0.25, -0.2) is 9.18 Å². The molecule has 7 heteroatoms. The molecular weight excluding hydrogens is 391 g/mol. The van der Waals surface area contributed by atoms with E-state index in [4.69, 9.17) is 4.74 Å². The van der Waals surface area contributed by atoms with Crippen molar-refractivity contribution in [3.05, 3.63) is 33.5 Å². The first-order chi connectivity index (χ1) is 11.5. The lowest BCUT2D eigenvalue weighted by Gasteiger charge is -2.40. The average molecular weight is 415 g/mol. The van der Waals surface area contributed by atoms with Gasteiger partial charge in [-0.15, -0.1) is 0 Å². The van der Waals surface area contributed by atoms with Crippen LogP contribution in [-0.2, 0) is 4.74 Å². The van der Waals surface area contributed by atoms with Crippen LogP contribution in [0.25, 0.3) is 0 Å². The Kier molecular flexibility index (Phi) is 5.76. The van der Waals surface area contributed by atoms with Crippen molar-refractivity contribution in [1.82, 2.24) is 9.80 Å². The molecule has 138 valence electrons. The van der Waals surface area contributed by atoms with E-state index in [1.165, 1.54) is 6.07 Å². The second-order valence-corrected chi connectivity index (χ2v) is 8.21. The Hall–Kier alpha value is -1.63. The summed E-state index contributed by atoms with van der Waals surface area (Å²) < 4.78 is 19.8. The van der Waals surface area contributed by atoms with Crippen LogP contribution < -0.4 is 0 Å². The predicted molar refractivity (Wildman–Crippen MR) is 97.1 cm³/mol.